The topological polar surface area (TPSA) is 67.1 Å². The van der Waals surface area contributed by atoms with E-state index in [9.17, 15) is 0 Å². The summed E-state index contributed by atoms with van der Waals surface area (Å²) in [7, 11) is 3.85. The van der Waals surface area contributed by atoms with E-state index in [0.717, 1.165) is 18.7 Å². The first kappa shape index (κ1) is 10.2. The Labute approximate surface area is 89.7 Å². The lowest BCUT2D eigenvalue weighted by Crippen LogP contribution is -2.31. The first-order chi connectivity index (χ1) is 7.15. The maximum absolute atomic E-state index is 5.70. The predicted molar refractivity (Wildman–Crippen MR) is 61.0 cm³/mol. The molecule has 0 amide bonds. The molecule has 0 bridgehead atoms. The number of hydrogen-bond acceptors (Lipinski definition) is 5. The van der Waals surface area contributed by atoms with Crippen molar-refractivity contribution in [2.75, 3.05) is 30.9 Å². The van der Waals surface area contributed by atoms with E-state index in [1.54, 1.807) is 6.20 Å². The van der Waals surface area contributed by atoms with Crippen LogP contribution >= 0.6 is 0 Å². The Morgan fingerprint density at radius 3 is 2.80 bits per heavy atom. The summed E-state index contributed by atoms with van der Waals surface area (Å²) in [6, 6.07) is 1.88. The van der Waals surface area contributed by atoms with Crippen molar-refractivity contribution in [3.8, 4) is 0 Å². The molecule has 0 unspecified atom stereocenters. The third-order valence-corrected chi connectivity index (χ3v) is 2.68. The maximum Gasteiger partial charge on any atom is 0.226 e. The Morgan fingerprint density at radius 2 is 2.27 bits per heavy atom. The van der Waals surface area contributed by atoms with Gasteiger partial charge in [-0.25, -0.2) is 4.98 Å². The van der Waals surface area contributed by atoms with Gasteiger partial charge in [0.2, 0.25) is 5.95 Å². The van der Waals surface area contributed by atoms with Crippen LogP contribution < -0.4 is 16.0 Å². The average molecular weight is 207 g/mol. The van der Waals surface area contributed by atoms with Crippen molar-refractivity contribution in [2.24, 2.45) is 5.73 Å². The number of hydrogen-bond donors (Lipinski definition) is 2. The molecular formula is C10H17N5. The molecule has 3 N–H and O–H groups in total. The zero-order valence-corrected chi connectivity index (χ0v) is 9.20. The van der Waals surface area contributed by atoms with Crippen LogP contribution in [0.4, 0.5) is 11.8 Å². The van der Waals surface area contributed by atoms with E-state index >= 15 is 0 Å². The van der Waals surface area contributed by atoms with Crippen molar-refractivity contribution in [1.29, 1.82) is 0 Å². The number of nitrogens with zero attached hydrogens (tertiary/aromatic N) is 3. The standard InChI is InChI=1S/C10H17N5/c1-15(2)9-12-6-3-8(13-9)14-10(7-11)4-5-10/h3,6H,4-5,7,11H2,1-2H3,(H,12,13,14). The Balaban J connectivity index is 2.11. The molecule has 1 saturated carbocycles. The number of anilines is 2. The second-order valence-corrected chi connectivity index (χ2v) is 4.25. The second kappa shape index (κ2) is 3.66. The molecule has 0 aromatic carbocycles. The van der Waals surface area contributed by atoms with Gasteiger partial charge < -0.3 is 16.0 Å². The van der Waals surface area contributed by atoms with Crippen molar-refractivity contribution in [3.63, 3.8) is 0 Å². The van der Waals surface area contributed by atoms with Crippen molar-refractivity contribution in [1.82, 2.24) is 9.97 Å². The summed E-state index contributed by atoms with van der Waals surface area (Å²) >= 11 is 0. The molecule has 1 fully saturated rings. The molecule has 0 radical (unpaired) electrons. The van der Waals surface area contributed by atoms with E-state index in [1.165, 1.54) is 0 Å². The molecule has 1 aliphatic rings. The number of aromatic nitrogens is 2. The van der Waals surface area contributed by atoms with E-state index in [1.807, 2.05) is 25.1 Å². The Hall–Kier alpha value is -1.36. The molecule has 1 aliphatic carbocycles. The molecule has 1 aromatic rings. The smallest absolute Gasteiger partial charge is 0.226 e. The zero-order chi connectivity index (χ0) is 10.9. The van der Waals surface area contributed by atoms with Gasteiger partial charge in [-0.2, -0.15) is 4.98 Å². The van der Waals surface area contributed by atoms with Crippen molar-refractivity contribution in [3.05, 3.63) is 12.3 Å². The van der Waals surface area contributed by atoms with Gasteiger partial charge in [0.15, 0.2) is 0 Å². The minimum absolute atomic E-state index is 0.0952. The van der Waals surface area contributed by atoms with Crippen LogP contribution in [-0.4, -0.2) is 36.1 Å². The molecular weight excluding hydrogens is 190 g/mol. The van der Waals surface area contributed by atoms with Crippen LogP contribution in [0.25, 0.3) is 0 Å². The fourth-order valence-corrected chi connectivity index (χ4v) is 1.44. The summed E-state index contributed by atoms with van der Waals surface area (Å²) in [5, 5.41) is 3.37. The highest BCUT2D eigenvalue weighted by atomic mass is 15.2. The predicted octanol–water partition coefficient (Wildman–Crippen LogP) is 0.446. The lowest BCUT2D eigenvalue weighted by molar-refractivity contribution is 0.736. The minimum atomic E-state index is 0.0952. The number of nitrogens with one attached hydrogen (secondary N) is 1. The summed E-state index contributed by atoms with van der Waals surface area (Å²) in [5.74, 6) is 1.57. The largest absolute Gasteiger partial charge is 0.363 e. The second-order valence-electron chi connectivity index (χ2n) is 4.25. The van der Waals surface area contributed by atoms with Gasteiger partial charge in [0.25, 0.3) is 0 Å². The SMILES string of the molecule is CN(C)c1nccc(NC2(CN)CC2)n1. The van der Waals surface area contributed by atoms with Crippen LogP contribution in [0.3, 0.4) is 0 Å². The van der Waals surface area contributed by atoms with Crippen LogP contribution in [0.1, 0.15) is 12.8 Å². The number of nitrogens with two attached hydrogens (primary N) is 1. The van der Waals surface area contributed by atoms with Gasteiger partial charge in [0.1, 0.15) is 5.82 Å². The molecule has 1 aromatic heterocycles. The van der Waals surface area contributed by atoms with Gasteiger partial charge in [0.05, 0.1) is 5.54 Å². The molecule has 0 saturated heterocycles. The summed E-state index contributed by atoms with van der Waals surface area (Å²) in [6.07, 6.45) is 4.02. The summed E-state index contributed by atoms with van der Waals surface area (Å²) < 4.78 is 0. The minimum Gasteiger partial charge on any atom is -0.363 e. The third kappa shape index (κ3) is 2.18. The molecule has 0 spiro atoms. The van der Waals surface area contributed by atoms with E-state index < -0.39 is 0 Å². The summed E-state index contributed by atoms with van der Waals surface area (Å²) in [4.78, 5) is 10.4. The summed E-state index contributed by atoms with van der Waals surface area (Å²) in [6.45, 7) is 0.661. The van der Waals surface area contributed by atoms with E-state index in [2.05, 4.69) is 15.3 Å². The molecule has 1 heterocycles. The van der Waals surface area contributed by atoms with Crippen molar-refractivity contribution in [2.45, 2.75) is 18.4 Å². The van der Waals surface area contributed by atoms with Gasteiger partial charge in [-0.15, -0.1) is 0 Å². The lowest BCUT2D eigenvalue weighted by Gasteiger charge is -2.17. The van der Waals surface area contributed by atoms with Gasteiger partial charge in [-0.3, -0.25) is 0 Å². The molecule has 0 aliphatic heterocycles. The van der Waals surface area contributed by atoms with Crippen molar-refractivity contribution >= 4 is 11.8 Å². The molecule has 15 heavy (non-hydrogen) atoms. The highest BCUT2D eigenvalue weighted by Crippen LogP contribution is 2.37. The molecule has 5 nitrogen and oxygen atoms in total. The Morgan fingerprint density at radius 1 is 1.53 bits per heavy atom. The molecule has 2 rings (SSSR count). The first-order valence-corrected chi connectivity index (χ1v) is 5.14. The van der Waals surface area contributed by atoms with E-state index in [-0.39, 0.29) is 5.54 Å². The molecule has 5 heteroatoms. The van der Waals surface area contributed by atoms with Crippen LogP contribution in [-0.2, 0) is 0 Å². The molecule has 0 atom stereocenters. The molecule has 82 valence electrons. The lowest BCUT2D eigenvalue weighted by atomic mass is 10.3. The van der Waals surface area contributed by atoms with Crippen molar-refractivity contribution < 1.29 is 0 Å². The zero-order valence-electron chi connectivity index (χ0n) is 9.20. The quantitative estimate of drug-likeness (QED) is 0.750. The third-order valence-electron chi connectivity index (χ3n) is 2.68. The van der Waals surface area contributed by atoms with Crippen LogP contribution in [0.2, 0.25) is 0 Å². The fraction of sp³-hybridized carbons (Fsp3) is 0.600. The van der Waals surface area contributed by atoms with Gasteiger partial charge in [0, 0.05) is 26.8 Å². The number of rotatable bonds is 4. The highest BCUT2D eigenvalue weighted by molar-refractivity contribution is 5.44. The van der Waals surface area contributed by atoms with E-state index in [4.69, 9.17) is 5.73 Å². The normalized spacial score (nSPS) is 17.3. The Kier molecular flexibility index (Phi) is 2.48. The van der Waals surface area contributed by atoms with E-state index in [0.29, 0.717) is 12.5 Å². The Bertz CT molecular complexity index is 345. The van der Waals surface area contributed by atoms with Gasteiger partial charge >= 0.3 is 0 Å². The summed E-state index contributed by atoms with van der Waals surface area (Å²) in [5.41, 5.74) is 5.79. The monoisotopic (exact) mass is 207 g/mol. The highest BCUT2D eigenvalue weighted by Gasteiger charge is 2.41. The van der Waals surface area contributed by atoms with Crippen LogP contribution in [0.5, 0.6) is 0 Å². The van der Waals surface area contributed by atoms with Crippen LogP contribution in [0.15, 0.2) is 12.3 Å². The van der Waals surface area contributed by atoms with Gasteiger partial charge in [-0.1, -0.05) is 0 Å². The van der Waals surface area contributed by atoms with Gasteiger partial charge in [-0.05, 0) is 18.9 Å². The average Bonchev–Trinajstić information content (AvgIpc) is 2.99. The maximum atomic E-state index is 5.70. The van der Waals surface area contributed by atoms with Crippen LogP contribution in [0, 0.1) is 0 Å². The first-order valence-electron chi connectivity index (χ1n) is 5.14. The fourth-order valence-electron chi connectivity index (χ4n) is 1.44.